The van der Waals surface area contributed by atoms with E-state index in [1.54, 1.807) is 18.2 Å². The first kappa shape index (κ1) is 18.1. The molecule has 0 unspecified atom stereocenters. The average Bonchev–Trinajstić information content (AvgIpc) is 2.68. The number of benzene rings is 1. The van der Waals surface area contributed by atoms with Crippen molar-refractivity contribution in [2.24, 2.45) is 0 Å². The van der Waals surface area contributed by atoms with Gasteiger partial charge >= 0.3 is 0 Å². The summed E-state index contributed by atoms with van der Waals surface area (Å²) in [5, 5.41) is 3.59. The predicted molar refractivity (Wildman–Crippen MR) is 103 cm³/mol. The van der Waals surface area contributed by atoms with E-state index in [0.29, 0.717) is 29.4 Å². The highest BCUT2D eigenvalue weighted by atomic mass is 19.1. The summed E-state index contributed by atoms with van der Waals surface area (Å²) in [6, 6.07) is 12.5. The van der Waals surface area contributed by atoms with Gasteiger partial charge in [0.1, 0.15) is 11.5 Å². The molecule has 0 saturated carbocycles. The van der Waals surface area contributed by atoms with Crippen LogP contribution >= 0.6 is 0 Å². The summed E-state index contributed by atoms with van der Waals surface area (Å²) < 4.78 is 14.0. The van der Waals surface area contributed by atoms with Crippen LogP contribution in [0.5, 0.6) is 0 Å². The Labute approximate surface area is 159 Å². The van der Waals surface area contributed by atoms with Crippen molar-refractivity contribution in [3.05, 3.63) is 65.2 Å². The van der Waals surface area contributed by atoms with Crippen LogP contribution in [-0.4, -0.2) is 40.5 Å². The molecule has 3 heterocycles. The number of aromatic nitrogens is 1. The van der Waals surface area contributed by atoms with E-state index >= 15 is 0 Å². The van der Waals surface area contributed by atoms with E-state index in [1.165, 1.54) is 6.07 Å². The van der Waals surface area contributed by atoms with Gasteiger partial charge in [0.2, 0.25) is 0 Å². The Balaban J connectivity index is 1.58. The van der Waals surface area contributed by atoms with E-state index in [9.17, 15) is 9.18 Å². The van der Waals surface area contributed by atoms with Crippen molar-refractivity contribution in [3.63, 3.8) is 0 Å². The molecule has 5 heteroatoms. The highest BCUT2D eigenvalue weighted by Crippen LogP contribution is 2.35. The molecule has 0 bridgehead atoms. The molecular formula is C22H26FN3O. The number of halogens is 1. The van der Waals surface area contributed by atoms with Crippen LogP contribution in [0.15, 0.2) is 42.5 Å². The molecule has 2 saturated heterocycles. The molecule has 4 rings (SSSR count). The molecule has 27 heavy (non-hydrogen) atoms. The highest BCUT2D eigenvalue weighted by Gasteiger charge is 2.46. The van der Waals surface area contributed by atoms with Crippen molar-refractivity contribution in [3.8, 4) is 0 Å². The Morgan fingerprint density at radius 1 is 1.26 bits per heavy atom. The number of amides is 1. The smallest absolute Gasteiger partial charge is 0.272 e. The molecule has 142 valence electrons. The third-order valence-corrected chi connectivity index (χ3v) is 6.09. The van der Waals surface area contributed by atoms with E-state index in [4.69, 9.17) is 0 Å². The van der Waals surface area contributed by atoms with Crippen LogP contribution in [0.25, 0.3) is 0 Å². The fraction of sp³-hybridized carbons (Fsp3) is 0.455. The largest absolute Gasteiger partial charge is 0.330 e. The van der Waals surface area contributed by atoms with Crippen molar-refractivity contribution in [2.75, 3.05) is 13.1 Å². The Hall–Kier alpha value is -2.27. The molecular weight excluding hydrogens is 341 g/mol. The fourth-order valence-corrected chi connectivity index (χ4v) is 4.57. The SMILES string of the molecule is C[C@]12CCCN[C@@H]1CCCN2C(=O)c1cccc(Cc2ccccc2F)n1. The zero-order chi connectivity index (χ0) is 18.9. The Bertz CT molecular complexity index is 838. The number of pyridine rings is 1. The zero-order valence-electron chi connectivity index (χ0n) is 15.7. The van der Waals surface area contributed by atoms with Gasteiger partial charge in [0.25, 0.3) is 5.91 Å². The van der Waals surface area contributed by atoms with Crippen molar-refractivity contribution < 1.29 is 9.18 Å². The number of hydrogen-bond acceptors (Lipinski definition) is 3. The van der Waals surface area contributed by atoms with E-state index in [0.717, 1.165) is 38.8 Å². The zero-order valence-corrected chi connectivity index (χ0v) is 15.7. The van der Waals surface area contributed by atoms with E-state index < -0.39 is 0 Å². The summed E-state index contributed by atoms with van der Waals surface area (Å²) in [6.45, 7) is 4.00. The van der Waals surface area contributed by atoms with Crippen molar-refractivity contribution in [1.29, 1.82) is 0 Å². The maximum Gasteiger partial charge on any atom is 0.272 e. The minimum atomic E-state index is -0.240. The minimum Gasteiger partial charge on any atom is -0.330 e. The number of piperidine rings is 2. The maximum atomic E-state index is 14.0. The van der Waals surface area contributed by atoms with Crippen LogP contribution in [0.2, 0.25) is 0 Å². The number of likely N-dealkylation sites (tertiary alicyclic amines) is 1. The van der Waals surface area contributed by atoms with Crippen molar-refractivity contribution >= 4 is 5.91 Å². The lowest BCUT2D eigenvalue weighted by molar-refractivity contribution is 0.00832. The molecule has 0 radical (unpaired) electrons. The van der Waals surface area contributed by atoms with Gasteiger partial charge in [-0.25, -0.2) is 9.37 Å². The third-order valence-electron chi connectivity index (χ3n) is 6.09. The van der Waals surface area contributed by atoms with Crippen LogP contribution in [0.4, 0.5) is 4.39 Å². The van der Waals surface area contributed by atoms with Gasteiger partial charge in [0.15, 0.2) is 0 Å². The number of nitrogens with one attached hydrogen (secondary N) is 1. The van der Waals surface area contributed by atoms with Gasteiger partial charge in [-0.1, -0.05) is 24.3 Å². The molecule has 1 aromatic carbocycles. The molecule has 0 spiro atoms. The van der Waals surface area contributed by atoms with E-state index in [2.05, 4.69) is 17.2 Å². The highest BCUT2D eigenvalue weighted by molar-refractivity contribution is 5.93. The number of carbonyl (C=O) groups excluding carboxylic acids is 1. The standard InChI is InChI=1S/C22H26FN3O/c1-22-12-6-13-24-20(22)11-5-14-26(22)21(27)19-10-4-8-17(25-19)15-16-7-2-3-9-18(16)23/h2-4,7-10,20,24H,5-6,11-15H2,1H3/t20-,22+/m1/s1. The predicted octanol–water partition coefficient (Wildman–Crippen LogP) is 3.56. The lowest BCUT2D eigenvalue weighted by atomic mass is 9.77. The first-order chi connectivity index (χ1) is 13.1. The summed E-state index contributed by atoms with van der Waals surface area (Å²) >= 11 is 0. The second kappa shape index (κ2) is 7.39. The molecule has 1 N–H and O–H groups in total. The molecule has 2 fully saturated rings. The lowest BCUT2D eigenvalue weighted by Crippen LogP contribution is -2.66. The second-order valence-electron chi connectivity index (χ2n) is 7.85. The van der Waals surface area contributed by atoms with E-state index in [1.807, 2.05) is 23.1 Å². The van der Waals surface area contributed by atoms with Gasteiger partial charge in [0.05, 0.1) is 5.54 Å². The first-order valence-electron chi connectivity index (χ1n) is 9.82. The van der Waals surface area contributed by atoms with Gasteiger partial charge in [-0.3, -0.25) is 4.79 Å². The summed E-state index contributed by atoms with van der Waals surface area (Å²) in [7, 11) is 0. The topological polar surface area (TPSA) is 45.2 Å². The minimum absolute atomic E-state index is 0.0127. The van der Waals surface area contributed by atoms with Gasteiger partial charge < -0.3 is 10.2 Å². The van der Waals surface area contributed by atoms with Gasteiger partial charge in [-0.05, 0) is 62.9 Å². The van der Waals surface area contributed by atoms with Crippen LogP contribution in [0, 0.1) is 5.82 Å². The summed E-state index contributed by atoms with van der Waals surface area (Å²) in [5.74, 6) is -0.253. The molecule has 2 aromatic rings. The molecule has 2 aliphatic rings. The Kier molecular flexibility index (Phi) is 4.96. The van der Waals surface area contributed by atoms with Gasteiger partial charge in [-0.2, -0.15) is 0 Å². The van der Waals surface area contributed by atoms with Crippen LogP contribution in [0.3, 0.4) is 0 Å². The van der Waals surface area contributed by atoms with Crippen LogP contribution in [0.1, 0.15) is 54.4 Å². The number of carbonyl (C=O) groups is 1. The fourth-order valence-electron chi connectivity index (χ4n) is 4.57. The number of nitrogens with zero attached hydrogens (tertiary/aromatic N) is 2. The number of hydrogen-bond donors (Lipinski definition) is 1. The maximum absolute atomic E-state index is 14.0. The second-order valence-corrected chi connectivity index (χ2v) is 7.85. The van der Waals surface area contributed by atoms with E-state index in [-0.39, 0.29) is 17.3 Å². The number of fused-ring (bicyclic) bond motifs is 1. The molecule has 1 amide bonds. The third kappa shape index (κ3) is 3.48. The molecule has 2 atom stereocenters. The monoisotopic (exact) mass is 367 g/mol. The average molecular weight is 367 g/mol. The van der Waals surface area contributed by atoms with Crippen molar-refractivity contribution in [2.45, 2.75) is 50.6 Å². The van der Waals surface area contributed by atoms with Crippen LogP contribution in [-0.2, 0) is 6.42 Å². The van der Waals surface area contributed by atoms with Gasteiger partial charge in [0, 0.05) is 24.7 Å². The molecule has 4 nitrogen and oxygen atoms in total. The van der Waals surface area contributed by atoms with Crippen LogP contribution < -0.4 is 5.32 Å². The Morgan fingerprint density at radius 3 is 2.96 bits per heavy atom. The van der Waals surface area contributed by atoms with Gasteiger partial charge in [-0.15, -0.1) is 0 Å². The molecule has 1 aromatic heterocycles. The first-order valence-corrected chi connectivity index (χ1v) is 9.82. The molecule has 0 aliphatic carbocycles. The quantitative estimate of drug-likeness (QED) is 0.902. The van der Waals surface area contributed by atoms with Crippen molar-refractivity contribution in [1.82, 2.24) is 15.2 Å². The summed E-state index contributed by atoms with van der Waals surface area (Å²) in [6.07, 6.45) is 4.60. The molecule has 2 aliphatic heterocycles. The summed E-state index contributed by atoms with van der Waals surface area (Å²) in [4.78, 5) is 19.9. The number of rotatable bonds is 3. The summed E-state index contributed by atoms with van der Waals surface area (Å²) in [5.41, 5.74) is 1.61. The Morgan fingerprint density at radius 2 is 2.11 bits per heavy atom. The normalized spacial score (nSPS) is 25.1. The lowest BCUT2D eigenvalue weighted by Gasteiger charge is -2.52.